The number of ether oxygens (including phenoxy) is 3. The van der Waals surface area contributed by atoms with Crippen LogP contribution >= 0.6 is 0 Å². The van der Waals surface area contributed by atoms with Crippen LogP contribution in [0.25, 0.3) is 0 Å². The highest BCUT2D eigenvalue weighted by Crippen LogP contribution is 2.29. The van der Waals surface area contributed by atoms with Crippen molar-refractivity contribution in [3.05, 3.63) is 29.8 Å². The van der Waals surface area contributed by atoms with Gasteiger partial charge in [0.25, 0.3) is 0 Å². The molecule has 1 atom stereocenters. The zero-order valence-electron chi connectivity index (χ0n) is 12.6. The summed E-state index contributed by atoms with van der Waals surface area (Å²) in [6, 6.07) is 8.20. The second-order valence-corrected chi connectivity index (χ2v) is 5.16. The fourth-order valence-electron chi connectivity index (χ4n) is 2.20. The average molecular weight is 279 g/mol. The normalized spacial score (nSPS) is 16.4. The Morgan fingerprint density at radius 1 is 1.25 bits per heavy atom. The zero-order chi connectivity index (χ0) is 14.4. The Kier molecular flexibility index (Phi) is 5.83. The van der Waals surface area contributed by atoms with E-state index >= 15 is 0 Å². The Morgan fingerprint density at radius 3 is 2.60 bits per heavy atom. The molecule has 2 rings (SSSR count). The van der Waals surface area contributed by atoms with Gasteiger partial charge in [-0.15, -0.1) is 0 Å². The summed E-state index contributed by atoms with van der Waals surface area (Å²) in [6.07, 6.45) is 3.50. The van der Waals surface area contributed by atoms with Crippen LogP contribution in [0.5, 0.6) is 5.75 Å². The molecule has 1 fully saturated rings. The van der Waals surface area contributed by atoms with E-state index in [0.717, 1.165) is 24.3 Å². The van der Waals surface area contributed by atoms with Crippen molar-refractivity contribution < 1.29 is 14.2 Å². The van der Waals surface area contributed by atoms with Crippen molar-refractivity contribution in [3.63, 3.8) is 0 Å². The highest BCUT2D eigenvalue weighted by molar-refractivity contribution is 5.31. The SMILES string of the molecule is CCCNC(c1cccc(OC2CC2)c1)C(OC)OC. The number of nitrogens with one attached hydrogen (secondary N) is 1. The second kappa shape index (κ2) is 7.62. The molecule has 0 heterocycles. The molecule has 20 heavy (non-hydrogen) atoms. The van der Waals surface area contributed by atoms with Crippen molar-refractivity contribution in [3.8, 4) is 5.75 Å². The topological polar surface area (TPSA) is 39.7 Å². The molecule has 1 aromatic rings. The summed E-state index contributed by atoms with van der Waals surface area (Å²) in [7, 11) is 3.33. The van der Waals surface area contributed by atoms with Crippen LogP contribution in [0.4, 0.5) is 0 Å². The number of methoxy groups -OCH3 is 2. The van der Waals surface area contributed by atoms with Gasteiger partial charge in [0.05, 0.1) is 12.1 Å². The smallest absolute Gasteiger partial charge is 0.176 e. The molecule has 4 heteroatoms. The molecular formula is C16H25NO3. The Morgan fingerprint density at radius 2 is 2.00 bits per heavy atom. The van der Waals surface area contributed by atoms with Crippen molar-refractivity contribution >= 4 is 0 Å². The Hall–Kier alpha value is -1.10. The van der Waals surface area contributed by atoms with Crippen LogP contribution in [-0.2, 0) is 9.47 Å². The highest BCUT2D eigenvalue weighted by Gasteiger charge is 2.25. The van der Waals surface area contributed by atoms with E-state index in [1.807, 2.05) is 12.1 Å². The number of hydrogen-bond acceptors (Lipinski definition) is 4. The number of rotatable bonds is 9. The lowest BCUT2D eigenvalue weighted by Gasteiger charge is -2.26. The molecule has 0 saturated heterocycles. The van der Waals surface area contributed by atoms with Gasteiger partial charge in [0, 0.05) is 14.2 Å². The van der Waals surface area contributed by atoms with Gasteiger partial charge in [0.2, 0.25) is 0 Å². The first-order valence-electron chi connectivity index (χ1n) is 7.34. The molecule has 1 N–H and O–H groups in total. The summed E-state index contributed by atoms with van der Waals surface area (Å²) in [5, 5.41) is 3.48. The van der Waals surface area contributed by atoms with Crippen LogP contribution in [0.15, 0.2) is 24.3 Å². The fraction of sp³-hybridized carbons (Fsp3) is 0.625. The molecule has 0 spiro atoms. The molecule has 0 bridgehead atoms. The van der Waals surface area contributed by atoms with Crippen molar-refractivity contribution in [1.29, 1.82) is 0 Å². The molecule has 1 unspecified atom stereocenters. The highest BCUT2D eigenvalue weighted by atomic mass is 16.7. The predicted molar refractivity (Wildman–Crippen MR) is 78.9 cm³/mol. The van der Waals surface area contributed by atoms with Gasteiger partial charge in [-0.25, -0.2) is 0 Å². The van der Waals surface area contributed by atoms with Gasteiger partial charge in [-0.1, -0.05) is 19.1 Å². The first-order valence-corrected chi connectivity index (χ1v) is 7.34. The quantitative estimate of drug-likeness (QED) is 0.706. The summed E-state index contributed by atoms with van der Waals surface area (Å²) in [5.41, 5.74) is 1.13. The van der Waals surface area contributed by atoms with Gasteiger partial charge in [0.15, 0.2) is 6.29 Å². The van der Waals surface area contributed by atoms with Crippen LogP contribution in [0, 0.1) is 0 Å². The largest absolute Gasteiger partial charge is 0.490 e. The van der Waals surface area contributed by atoms with Gasteiger partial charge >= 0.3 is 0 Å². The molecule has 0 amide bonds. The van der Waals surface area contributed by atoms with E-state index in [1.165, 1.54) is 12.8 Å². The van der Waals surface area contributed by atoms with Crippen molar-refractivity contribution in [2.24, 2.45) is 0 Å². The maximum Gasteiger partial charge on any atom is 0.176 e. The van der Waals surface area contributed by atoms with E-state index in [-0.39, 0.29) is 12.3 Å². The molecule has 1 aromatic carbocycles. The Labute approximate surface area is 121 Å². The van der Waals surface area contributed by atoms with Gasteiger partial charge in [-0.2, -0.15) is 0 Å². The monoisotopic (exact) mass is 279 g/mol. The molecule has 0 aromatic heterocycles. The summed E-state index contributed by atoms with van der Waals surface area (Å²) in [5.74, 6) is 0.930. The zero-order valence-corrected chi connectivity index (χ0v) is 12.6. The van der Waals surface area contributed by atoms with E-state index in [0.29, 0.717) is 6.10 Å². The predicted octanol–water partition coefficient (Wildman–Crippen LogP) is 2.89. The van der Waals surface area contributed by atoms with Crippen molar-refractivity contribution in [2.45, 2.75) is 44.6 Å². The van der Waals surface area contributed by atoms with Crippen LogP contribution in [0.2, 0.25) is 0 Å². The van der Waals surface area contributed by atoms with Crippen molar-refractivity contribution in [1.82, 2.24) is 5.32 Å². The standard InChI is InChI=1S/C16H25NO3/c1-4-10-17-15(16(18-2)19-3)12-6-5-7-14(11-12)20-13-8-9-13/h5-7,11,13,15-17H,4,8-10H2,1-3H3. The summed E-state index contributed by atoms with van der Waals surface area (Å²) >= 11 is 0. The third-order valence-corrected chi connectivity index (χ3v) is 3.40. The second-order valence-electron chi connectivity index (χ2n) is 5.16. The molecule has 0 radical (unpaired) electrons. The minimum absolute atomic E-state index is 0.00713. The Balaban J connectivity index is 2.12. The van der Waals surface area contributed by atoms with Crippen LogP contribution in [-0.4, -0.2) is 33.2 Å². The van der Waals surface area contributed by atoms with E-state index in [4.69, 9.17) is 14.2 Å². The van der Waals surface area contributed by atoms with Gasteiger partial charge in [0.1, 0.15) is 5.75 Å². The lowest BCUT2D eigenvalue weighted by Crippen LogP contribution is -2.35. The molecule has 1 aliphatic rings. The third-order valence-electron chi connectivity index (χ3n) is 3.40. The molecule has 112 valence electrons. The first-order chi connectivity index (χ1) is 9.78. The van der Waals surface area contributed by atoms with Gasteiger partial charge in [-0.3, -0.25) is 0 Å². The molecule has 0 aliphatic heterocycles. The lowest BCUT2D eigenvalue weighted by atomic mass is 10.1. The van der Waals surface area contributed by atoms with E-state index in [2.05, 4.69) is 24.4 Å². The van der Waals surface area contributed by atoms with E-state index in [9.17, 15) is 0 Å². The summed E-state index contributed by atoms with van der Waals surface area (Å²) in [4.78, 5) is 0. The third kappa shape index (κ3) is 4.20. The van der Waals surface area contributed by atoms with E-state index < -0.39 is 0 Å². The maximum absolute atomic E-state index is 5.86. The first kappa shape index (κ1) is 15.3. The van der Waals surface area contributed by atoms with Crippen LogP contribution in [0.1, 0.15) is 37.8 Å². The molecule has 1 saturated carbocycles. The average Bonchev–Trinajstić information content (AvgIpc) is 3.28. The summed E-state index contributed by atoms with van der Waals surface area (Å²) in [6.45, 7) is 3.06. The van der Waals surface area contributed by atoms with E-state index in [1.54, 1.807) is 14.2 Å². The van der Waals surface area contributed by atoms with Gasteiger partial charge < -0.3 is 19.5 Å². The van der Waals surface area contributed by atoms with Crippen molar-refractivity contribution in [2.75, 3.05) is 20.8 Å². The number of benzene rings is 1. The van der Waals surface area contributed by atoms with Crippen LogP contribution < -0.4 is 10.1 Å². The molecular weight excluding hydrogens is 254 g/mol. The maximum atomic E-state index is 5.86. The van der Waals surface area contributed by atoms with Gasteiger partial charge in [-0.05, 0) is 43.5 Å². The summed E-state index contributed by atoms with van der Waals surface area (Å²) < 4.78 is 16.7. The molecule has 1 aliphatic carbocycles. The minimum Gasteiger partial charge on any atom is -0.490 e. The lowest BCUT2D eigenvalue weighted by molar-refractivity contribution is -0.124. The van der Waals surface area contributed by atoms with Crippen LogP contribution in [0.3, 0.4) is 0 Å². The minimum atomic E-state index is -0.308. The molecule has 4 nitrogen and oxygen atoms in total. The number of hydrogen-bond donors (Lipinski definition) is 1. The fourth-order valence-corrected chi connectivity index (χ4v) is 2.20. The Bertz CT molecular complexity index is 402.